The van der Waals surface area contributed by atoms with Gasteiger partial charge in [0, 0.05) is 28.1 Å². The Balaban J connectivity index is 1.35. The minimum atomic E-state index is -0.199. The van der Waals surface area contributed by atoms with Crippen molar-refractivity contribution in [3.05, 3.63) is 74.9 Å². The summed E-state index contributed by atoms with van der Waals surface area (Å²) in [6.07, 6.45) is 6.12. The molecule has 4 bridgehead atoms. The molecule has 0 aromatic heterocycles. The molecular weight excluding hydrogens is 461 g/mol. The predicted molar refractivity (Wildman–Crippen MR) is 119 cm³/mol. The third-order valence-corrected chi connectivity index (χ3v) is 7.43. The lowest BCUT2D eigenvalue weighted by molar-refractivity contribution is -0.0150. The van der Waals surface area contributed by atoms with E-state index in [0.29, 0.717) is 30.0 Å². The molecule has 0 N–H and O–H groups in total. The number of hydrogen-bond donors (Lipinski definition) is 0. The molecule has 4 aliphatic rings. The van der Waals surface area contributed by atoms with Crippen molar-refractivity contribution >= 4 is 34.6 Å². The molecule has 2 aromatic rings. The number of fused-ring (bicyclic) bond motifs is 1. The third kappa shape index (κ3) is 3.41. The smallest absolute Gasteiger partial charge is 0.338 e. The van der Waals surface area contributed by atoms with E-state index in [2.05, 4.69) is 57.8 Å². The Morgan fingerprint density at radius 2 is 1.89 bits per heavy atom. The average molecular weight is 485 g/mol. The number of rotatable bonds is 4. The van der Waals surface area contributed by atoms with Crippen LogP contribution in [0.5, 0.6) is 0 Å². The molecule has 144 valence electrons. The molecular formula is C24H24INO2. The van der Waals surface area contributed by atoms with Gasteiger partial charge >= 0.3 is 5.97 Å². The second-order valence-electron chi connectivity index (χ2n) is 8.21. The van der Waals surface area contributed by atoms with E-state index in [4.69, 9.17) is 4.74 Å². The van der Waals surface area contributed by atoms with Crippen LogP contribution in [0.25, 0.3) is 6.08 Å². The van der Waals surface area contributed by atoms with Gasteiger partial charge in [0.05, 0.1) is 12.2 Å². The molecule has 5 atom stereocenters. The van der Waals surface area contributed by atoms with E-state index < -0.39 is 0 Å². The molecule has 0 aliphatic carbocycles. The highest BCUT2D eigenvalue weighted by Gasteiger charge is 2.52. The quantitative estimate of drug-likeness (QED) is 0.451. The van der Waals surface area contributed by atoms with Gasteiger partial charge in [0.15, 0.2) is 0 Å². The molecule has 4 heterocycles. The molecule has 2 aromatic carbocycles. The third-order valence-electron chi connectivity index (χ3n) is 6.71. The van der Waals surface area contributed by atoms with Gasteiger partial charge in [-0.3, -0.25) is 4.90 Å². The molecule has 4 aliphatic heterocycles. The molecule has 0 saturated carbocycles. The maximum atomic E-state index is 12.5. The van der Waals surface area contributed by atoms with Gasteiger partial charge in [-0.05, 0) is 77.6 Å². The summed E-state index contributed by atoms with van der Waals surface area (Å²) in [4.78, 5) is 15.1. The number of carbonyl (C=O) groups is 1. The highest BCUT2D eigenvalue weighted by atomic mass is 127. The van der Waals surface area contributed by atoms with Gasteiger partial charge < -0.3 is 4.74 Å². The second-order valence-corrected chi connectivity index (χ2v) is 9.46. The summed E-state index contributed by atoms with van der Waals surface area (Å²) in [5, 5.41) is 0. The first-order valence-corrected chi connectivity index (χ1v) is 11.2. The monoisotopic (exact) mass is 485 g/mol. The summed E-state index contributed by atoms with van der Waals surface area (Å²) >= 11 is 2.35. The van der Waals surface area contributed by atoms with Crippen molar-refractivity contribution in [2.24, 2.45) is 11.8 Å². The van der Waals surface area contributed by atoms with Crippen molar-refractivity contribution in [3.8, 4) is 0 Å². The fourth-order valence-electron chi connectivity index (χ4n) is 5.40. The Morgan fingerprint density at radius 1 is 1.11 bits per heavy atom. The number of piperidine rings is 3. The standard InChI is InChI=1S/C24H24INO2/c25-19-8-6-16(7-9-19)12-18-14-26-20-10-11-23(26)22(21(18)13-20)15-28-24(27)17-4-2-1-3-5-17/h1-9,12,20-23H,10-11,13-15H2/b18-12+. The number of ether oxygens (including phenoxy) is 1. The van der Waals surface area contributed by atoms with Crippen LogP contribution in [0.2, 0.25) is 0 Å². The number of halogens is 1. The largest absolute Gasteiger partial charge is 0.462 e. The van der Waals surface area contributed by atoms with Crippen molar-refractivity contribution < 1.29 is 9.53 Å². The van der Waals surface area contributed by atoms with Crippen LogP contribution in [-0.4, -0.2) is 36.1 Å². The number of nitrogens with zero attached hydrogens (tertiary/aromatic N) is 1. The summed E-state index contributed by atoms with van der Waals surface area (Å²) in [5.41, 5.74) is 3.43. The average Bonchev–Trinajstić information content (AvgIpc) is 3.05. The Bertz CT molecular complexity index is 893. The van der Waals surface area contributed by atoms with Crippen LogP contribution in [0.3, 0.4) is 0 Å². The van der Waals surface area contributed by atoms with Crippen LogP contribution < -0.4 is 0 Å². The molecule has 4 fully saturated rings. The van der Waals surface area contributed by atoms with Gasteiger partial charge in [0.2, 0.25) is 0 Å². The number of benzene rings is 2. The molecule has 6 rings (SSSR count). The van der Waals surface area contributed by atoms with Crippen molar-refractivity contribution in [2.45, 2.75) is 31.3 Å². The Labute approximate surface area is 179 Å². The van der Waals surface area contributed by atoms with Crippen LogP contribution >= 0.6 is 22.6 Å². The van der Waals surface area contributed by atoms with Gasteiger partial charge in [-0.25, -0.2) is 4.79 Å². The first-order valence-electron chi connectivity index (χ1n) is 10.1. The maximum Gasteiger partial charge on any atom is 0.338 e. The van der Waals surface area contributed by atoms with Crippen molar-refractivity contribution in [1.29, 1.82) is 0 Å². The van der Waals surface area contributed by atoms with E-state index in [1.165, 1.54) is 34.0 Å². The van der Waals surface area contributed by atoms with Gasteiger partial charge in [0.1, 0.15) is 0 Å². The van der Waals surface area contributed by atoms with Gasteiger partial charge in [0.25, 0.3) is 0 Å². The highest BCUT2D eigenvalue weighted by molar-refractivity contribution is 14.1. The highest BCUT2D eigenvalue weighted by Crippen LogP contribution is 2.50. The van der Waals surface area contributed by atoms with E-state index in [9.17, 15) is 4.79 Å². The summed E-state index contributed by atoms with van der Waals surface area (Å²) in [6, 6.07) is 19.4. The summed E-state index contributed by atoms with van der Waals surface area (Å²) in [6.45, 7) is 1.60. The van der Waals surface area contributed by atoms with Crippen LogP contribution in [0.1, 0.15) is 35.2 Å². The zero-order valence-corrected chi connectivity index (χ0v) is 17.9. The fraction of sp³-hybridized carbons (Fsp3) is 0.375. The Hall–Kier alpha value is -1.66. The Morgan fingerprint density at radius 3 is 2.68 bits per heavy atom. The second kappa shape index (κ2) is 7.64. The molecule has 0 spiro atoms. The van der Waals surface area contributed by atoms with Crippen LogP contribution in [0.15, 0.2) is 60.2 Å². The number of hydrogen-bond acceptors (Lipinski definition) is 3. The van der Waals surface area contributed by atoms with E-state index in [1.54, 1.807) is 0 Å². The molecule has 4 saturated heterocycles. The first-order chi connectivity index (χ1) is 13.7. The van der Waals surface area contributed by atoms with E-state index in [-0.39, 0.29) is 5.97 Å². The predicted octanol–water partition coefficient (Wildman–Crippen LogP) is 5.01. The Kier molecular flexibility index (Phi) is 5.01. The van der Waals surface area contributed by atoms with Gasteiger partial charge in [-0.15, -0.1) is 0 Å². The SMILES string of the molecule is O=C(OCC1C2CC3CCC1N3C/C2=C\c1ccc(I)cc1)c1ccccc1. The summed E-state index contributed by atoms with van der Waals surface area (Å²) < 4.78 is 7.05. The minimum Gasteiger partial charge on any atom is -0.462 e. The van der Waals surface area contributed by atoms with Crippen LogP contribution in [0, 0.1) is 15.4 Å². The molecule has 3 nitrogen and oxygen atoms in total. The molecule has 5 unspecified atom stereocenters. The number of esters is 1. The lowest BCUT2D eigenvalue weighted by Crippen LogP contribution is -2.57. The normalized spacial score (nSPS) is 31.9. The molecule has 28 heavy (non-hydrogen) atoms. The number of carbonyl (C=O) groups excluding carboxylic acids is 1. The van der Waals surface area contributed by atoms with Gasteiger partial charge in [-0.2, -0.15) is 0 Å². The lowest BCUT2D eigenvalue weighted by Gasteiger charge is -2.51. The maximum absolute atomic E-state index is 12.5. The zero-order valence-electron chi connectivity index (χ0n) is 15.8. The van der Waals surface area contributed by atoms with E-state index >= 15 is 0 Å². The zero-order chi connectivity index (χ0) is 19.1. The molecule has 0 amide bonds. The topological polar surface area (TPSA) is 29.5 Å². The van der Waals surface area contributed by atoms with Crippen molar-refractivity contribution in [1.82, 2.24) is 4.90 Å². The van der Waals surface area contributed by atoms with Crippen LogP contribution in [-0.2, 0) is 4.74 Å². The van der Waals surface area contributed by atoms with Crippen LogP contribution in [0.4, 0.5) is 0 Å². The van der Waals surface area contributed by atoms with Gasteiger partial charge in [-0.1, -0.05) is 42.0 Å². The fourth-order valence-corrected chi connectivity index (χ4v) is 5.76. The van der Waals surface area contributed by atoms with E-state index in [1.807, 2.05) is 30.3 Å². The van der Waals surface area contributed by atoms with E-state index in [0.717, 1.165) is 12.6 Å². The first kappa shape index (κ1) is 18.4. The lowest BCUT2D eigenvalue weighted by atomic mass is 9.71. The minimum absolute atomic E-state index is 0.199. The van der Waals surface area contributed by atoms with Crippen molar-refractivity contribution in [3.63, 3.8) is 0 Å². The molecule has 0 radical (unpaired) electrons. The summed E-state index contributed by atoms with van der Waals surface area (Å²) in [5.74, 6) is 0.746. The van der Waals surface area contributed by atoms with Crippen molar-refractivity contribution in [2.75, 3.05) is 13.2 Å². The summed E-state index contributed by atoms with van der Waals surface area (Å²) in [7, 11) is 0. The molecule has 4 heteroatoms.